The highest BCUT2D eigenvalue weighted by molar-refractivity contribution is 7.99. The smallest absolute Gasteiger partial charge is 0.0752 e. The van der Waals surface area contributed by atoms with Crippen LogP contribution in [0.4, 0.5) is 0 Å². The predicted molar refractivity (Wildman–Crippen MR) is 60.3 cm³/mol. The van der Waals surface area contributed by atoms with Gasteiger partial charge < -0.3 is 10.8 Å². The van der Waals surface area contributed by atoms with Gasteiger partial charge in [0.25, 0.3) is 0 Å². The van der Waals surface area contributed by atoms with Crippen LogP contribution < -0.4 is 5.73 Å². The number of nitrogens with two attached hydrogens (primary N) is 1. The number of hydrogen-bond donors (Lipinski definition) is 2. The van der Waals surface area contributed by atoms with Crippen LogP contribution in [0.1, 0.15) is 5.56 Å². The van der Waals surface area contributed by atoms with Gasteiger partial charge >= 0.3 is 0 Å². The third-order valence-corrected chi connectivity index (χ3v) is 2.98. The van der Waals surface area contributed by atoms with Crippen LogP contribution in [0.15, 0.2) is 24.5 Å². The van der Waals surface area contributed by atoms with Gasteiger partial charge in [-0.1, -0.05) is 0 Å². The van der Waals surface area contributed by atoms with Crippen molar-refractivity contribution in [2.24, 2.45) is 5.73 Å². The van der Waals surface area contributed by atoms with Crippen LogP contribution >= 0.6 is 11.8 Å². The van der Waals surface area contributed by atoms with E-state index in [9.17, 15) is 5.11 Å². The fourth-order valence-corrected chi connectivity index (χ4v) is 1.98. The SMILES string of the molecule is NCC(O)CSCCc1ccncc1. The van der Waals surface area contributed by atoms with Gasteiger partial charge in [0.05, 0.1) is 6.10 Å². The Morgan fingerprint density at radius 3 is 2.79 bits per heavy atom. The molecule has 1 atom stereocenters. The van der Waals surface area contributed by atoms with Crippen LogP contribution in [0.5, 0.6) is 0 Å². The third-order valence-electron chi connectivity index (χ3n) is 1.87. The standard InChI is InChI=1S/C10H16N2OS/c11-7-10(13)8-14-6-3-9-1-4-12-5-2-9/h1-2,4-5,10,13H,3,6-8,11H2. The van der Waals surface area contributed by atoms with Crippen molar-refractivity contribution in [3.63, 3.8) is 0 Å². The second-order valence-corrected chi connectivity index (χ2v) is 4.22. The molecule has 0 aliphatic carbocycles. The van der Waals surface area contributed by atoms with Crippen molar-refractivity contribution in [2.75, 3.05) is 18.1 Å². The number of aromatic nitrogens is 1. The molecule has 14 heavy (non-hydrogen) atoms. The molecule has 1 heterocycles. The van der Waals surface area contributed by atoms with E-state index in [4.69, 9.17) is 5.73 Å². The summed E-state index contributed by atoms with van der Waals surface area (Å²) in [7, 11) is 0. The monoisotopic (exact) mass is 212 g/mol. The first-order chi connectivity index (χ1) is 6.83. The lowest BCUT2D eigenvalue weighted by molar-refractivity contribution is 0.208. The topological polar surface area (TPSA) is 59.1 Å². The van der Waals surface area contributed by atoms with E-state index in [-0.39, 0.29) is 6.10 Å². The maximum Gasteiger partial charge on any atom is 0.0752 e. The summed E-state index contributed by atoms with van der Waals surface area (Å²) in [5, 5.41) is 9.20. The Labute approximate surface area is 88.7 Å². The molecule has 0 aliphatic rings. The summed E-state index contributed by atoms with van der Waals surface area (Å²) in [6, 6.07) is 4.03. The Bertz CT molecular complexity index is 243. The van der Waals surface area contributed by atoms with Crippen molar-refractivity contribution in [3.8, 4) is 0 Å². The van der Waals surface area contributed by atoms with E-state index in [0.717, 1.165) is 17.9 Å². The second kappa shape index (κ2) is 6.81. The molecule has 1 unspecified atom stereocenters. The summed E-state index contributed by atoms with van der Waals surface area (Å²) in [4.78, 5) is 3.95. The first-order valence-corrected chi connectivity index (χ1v) is 5.83. The van der Waals surface area contributed by atoms with Crippen LogP contribution in [0, 0.1) is 0 Å². The molecule has 0 saturated carbocycles. The molecule has 1 aromatic rings. The van der Waals surface area contributed by atoms with Gasteiger partial charge in [0.2, 0.25) is 0 Å². The van der Waals surface area contributed by atoms with Crippen LogP contribution in [-0.2, 0) is 6.42 Å². The second-order valence-electron chi connectivity index (χ2n) is 3.07. The molecule has 0 saturated heterocycles. The molecule has 4 heteroatoms. The fraction of sp³-hybridized carbons (Fsp3) is 0.500. The van der Waals surface area contributed by atoms with Crippen LogP contribution in [0.25, 0.3) is 0 Å². The minimum Gasteiger partial charge on any atom is -0.391 e. The number of nitrogens with zero attached hydrogens (tertiary/aromatic N) is 1. The van der Waals surface area contributed by atoms with Crippen molar-refractivity contribution < 1.29 is 5.11 Å². The highest BCUT2D eigenvalue weighted by Crippen LogP contribution is 2.07. The lowest BCUT2D eigenvalue weighted by Crippen LogP contribution is -2.22. The van der Waals surface area contributed by atoms with E-state index in [2.05, 4.69) is 4.98 Å². The van der Waals surface area contributed by atoms with E-state index in [1.807, 2.05) is 12.1 Å². The van der Waals surface area contributed by atoms with Crippen molar-refractivity contribution in [1.82, 2.24) is 4.98 Å². The zero-order valence-corrected chi connectivity index (χ0v) is 8.91. The van der Waals surface area contributed by atoms with Crippen molar-refractivity contribution in [3.05, 3.63) is 30.1 Å². The highest BCUT2D eigenvalue weighted by Gasteiger charge is 2.00. The molecular formula is C10H16N2OS. The van der Waals surface area contributed by atoms with Gasteiger partial charge in [-0.3, -0.25) is 4.98 Å². The van der Waals surface area contributed by atoms with Gasteiger partial charge in [-0.05, 0) is 29.9 Å². The molecule has 1 aromatic heterocycles. The van der Waals surface area contributed by atoms with Crippen molar-refractivity contribution >= 4 is 11.8 Å². The molecule has 0 fully saturated rings. The summed E-state index contributed by atoms with van der Waals surface area (Å²) >= 11 is 1.73. The number of hydrogen-bond acceptors (Lipinski definition) is 4. The van der Waals surface area contributed by atoms with Crippen LogP contribution in [0.2, 0.25) is 0 Å². The van der Waals surface area contributed by atoms with Crippen molar-refractivity contribution in [1.29, 1.82) is 0 Å². The minimum absolute atomic E-state index is 0.349. The number of thioether (sulfide) groups is 1. The summed E-state index contributed by atoms with van der Waals surface area (Å²) in [5.74, 6) is 1.74. The van der Waals surface area contributed by atoms with Gasteiger partial charge in [0.1, 0.15) is 0 Å². The summed E-state index contributed by atoms with van der Waals surface area (Å²) in [6.07, 6.45) is 4.26. The molecule has 0 aliphatic heterocycles. The largest absolute Gasteiger partial charge is 0.391 e. The molecule has 1 rings (SSSR count). The molecule has 0 bridgehead atoms. The van der Waals surface area contributed by atoms with E-state index < -0.39 is 0 Å². The normalized spacial score (nSPS) is 12.7. The fourth-order valence-electron chi connectivity index (χ4n) is 1.03. The van der Waals surface area contributed by atoms with E-state index >= 15 is 0 Å². The zero-order chi connectivity index (χ0) is 10.2. The molecule has 0 aromatic carbocycles. The van der Waals surface area contributed by atoms with Crippen LogP contribution in [0.3, 0.4) is 0 Å². The quantitative estimate of drug-likeness (QED) is 0.681. The first kappa shape index (κ1) is 11.5. The Hall–Kier alpha value is -0.580. The highest BCUT2D eigenvalue weighted by atomic mass is 32.2. The summed E-state index contributed by atoms with van der Waals surface area (Å²) < 4.78 is 0. The van der Waals surface area contributed by atoms with Gasteiger partial charge in [0, 0.05) is 24.7 Å². The molecule has 0 spiro atoms. The molecular weight excluding hydrogens is 196 g/mol. The first-order valence-electron chi connectivity index (χ1n) is 4.67. The number of aliphatic hydroxyl groups excluding tert-OH is 1. The minimum atomic E-state index is -0.363. The van der Waals surface area contributed by atoms with E-state index in [1.54, 1.807) is 24.2 Å². The van der Waals surface area contributed by atoms with Gasteiger partial charge in [0.15, 0.2) is 0 Å². The number of pyridine rings is 1. The average molecular weight is 212 g/mol. The molecule has 3 nitrogen and oxygen atoms in total. The van der Waals surface area contributed by atoms with Crippen LogP contribution in [-0.4, -0.2) is 34.2 Å². The summed E-state index contributed by atoms with van der Waals surface area (Å²) in [6.45, 7) is 0.349. The Kier molecular flexibility index (Phi) is 5.59. The zero-order valence-electron chi connectivity index (χ0n) is 8.10. The maximum absolute atomic E-state index is 9.20. The summed E-state index contributed by atoms with van der Waals surface area (Å²) in [5.41, 5.74) is 6.58. The Morgan fingerprint density at radius 2 is 2.14 bits per heavy atom. The third kappa shape index (κ3) is 4.60. The van der Waals surface area contributed by atoms with E-state index in [0.29, 0.717) is 6.54 Å². The molecule has 78 valence electrons. The molecule has 0 amide bonds. The maximum atomic E-state index is 9.20. The lowest BCUT2D eigenvalue weighted by atomic mass is 10.2. The molecule has 3 N–H and O–H groups in total. The Morgan fingerprint density at radius 1 is 1.43 bits per heavy atom. The van der Waals surface area contributed by atoms with E-state index in [1.165, 1.54) is 5.56 Å². The average Bonchev–Trinajstić information content (AvgIpc) is 2.25. The number of rotatable bonds is 6. The van der Waals surface area contributed by atoms with Gasteiger partial charge in [-0.25, -0.2) is 0 Å². The predicted octanol–water partition coefficient (Wildman–Crippen LogP) is 0.677. The number of aliphatic hydroxyl groups is 1. The lowest BCUT2D eigenvalue weighted by Gasteiger charge is -2.06. The number of aryl methyl sites for hydroxylation is 1. The molecule has 0 radical (unpaired) electrons. The Balaban J connectivity index is 2.10. The van der Waals surface area contributed by atoms with Crippen molar-refractivity contribution in [2.45, 2.75) is 12.5 Å². The van der Waals surface area contributed by atoms with Gasteiger partial charge in [-0.15, -0.1) is 0 Å². The van der Waals surface area contributed by atoms with Gasteiger partial charge in [-0.2, -0.15) is 11.8 Å².